The molecule has 12 nitrogen and oxygen atoms in total. The van der Waals surface area contributed by atoms with E-state index in [1.54, 1.807) is 0 Å². The van der Waals surface area contributed by atoms with E-state index in [0.29, 0.717) is 11.1 Å². The molecule has 3 aliphatic rings. The highest BCUT2D eigenvalue weighted by Crippen LogP contribution is 2.55. The highest BCUT2D eigenvalue weighted by Gasteiger charge is 2.40. The quantitative estimate of drug-likeness (QED) is 0.130. The molecule has 0 aliphatic heterocycles. The summed E-state index contributed by atoms with van der Waals surface area (Å²) in [5.74, 6) is -1.63. The van der Waals surface area contributed by atoms with Gasteiger partial charge in [0.15, 0.2) is 0 Å². The van der Waals surface area contributed by atoms with Crippen molar-refractivity contribution in [3.8, 4) is 134 Å². The summed E-state index contributed by atoms with van der Waals surface area (Å²) in [5, 5.41) is 10.3. The van der Waals surface area contributed by atoms with Gasteiger partial charge in [-0.2, -0.15) is 13.8 Å². The van der Waals surface area contributed by atoms with Gasteiger partial charge in [-0.3, -0.25) is 23.2 Å². The van der Waals surface area contributed by atoms with Crippen LogP contribution in [0.4, 0.5) is 8.78 Å². The third-order valence-electron chi connectivity index (χ3n) is 30.5. The van der Waals surface area contributed by atoms with Crippen molar-refractivity contribution in [2.24, 2.45) is 0 Å². The van der Waals surface area contributed by atoms with Gasteiger partial charge in [0.1, 0.15) is 50.2 Å². The van der Waals surface area contributed by atoms with Crippen molar-refractivity contribution in [1.29, 1.82) is 0 Å². The molecule has 0 spiro atoms. The number of para-hydroxylation sites is 3. The summed E-state index contributed by atoms with van der Waals surface area (Å²) >= 11 is 0. The van der Waals surface area contributed by atoms with Gasteiger partial charge < -0.3 is 13.3 Å². The number of halogens is 2. The standard InChI is InChI=1S/C43H27F2N3O.2C43H29N3O/c1-43(2)35-21-28(11-14-32(35)33-15-12-29(22-36(33)43)31-16-17-38(44)46-41(31)45)26-8-7-25-20-27(10-9-24(25)19-26)30-13-18-39-47-40-34-5-3-4-6-37(34)49-42(40)48(39)23-30;1-43(2)37-22-30(13-16-34(37)35-17-14-31(23-38(35)43)32-6-5-19-44-24-32)28-10-9-27-21-29(12-11-26(27)20-28)33-15-18-40-45-41-36-7-3-4-8-39(36)47-42(41)46(40)25-33;1-43(2)37-23-31(26-17-19-44-20-18-26)11-14-34(37)35-15-12-32(24-38(35)43)29-8-7-28-22-30(10-9-27(28)21-29)33-13-16-40-45-41-36-5-3-4-6-39(36)47-42(41)46(40)25-33/h3-23H,1-2H3;2*3-25H,1-2H3. The van der Waals surface area contributed by atoms with Crippen LogP contribution in [0.3, 0.4) is 0 Å². The SMILES string of the molecule is CC1(C)c2cc(-c3ccc4cc(-c5ccc6nc7c8ccccc8oc7n6c5)ccc4c3)ccc2-c2ccc(-c3ccc(F)nc3F)cc21.CC1(C)c2cc(-c3cccnc3)ccc2-c2ccc(-c3ccc4cc(-c5ccc6nc7c8ccccc8oc7n6c5)ccc4c3)cc21.CC1(C)c2cc(-c3ccncc3)ccc2-c2ccc(-c3ccc4cc(-c5ccc6nc7c8ccccc8oc7n6c5)ccc4c3)cc21. The van der Waals surface area contributed by atoms with Crippen molar-refractivity contribution in [3.05, 3.63) is 453 Å². The zero-order chi connectivity index (χ0) is 95.6. The summed E-state index contributed by atoms with van der Waals surface area (Å²) < 4.78 is 52.8. The van der Waals surface area contributed by atoms with E-state index in [1.807, 2.05) is 120 Å². The Balaban J connectivity index is 0.000000105. The zero-order valence-electron chi connectivity index (χ0n) is 78.7. The van der Waals surface area contributed by atoms with E-state index in [4.69, 9.17) is 28.2 Å². The van der Waals surface area contributed by atoms with Gasteiger partial charge in [-0.25, -0.2) is 15.0 Å². The summed E-state index contributed by atoms with van der Waals surface area (Å²) in [6.07, 6.45) is 13.8. The number of pyridine rings is 6. The van der Waals surface area contributed by atoms with E-state index in [-0.39, 0.29) is 16.2 Å². The Hall–Kier alpha value is -18.1. The number of aromatic nitrogens is 9. The molecular weight excluding hydrogens is 1760 g/mol. The molecule has 678 valence electrons. The lowest BCUT2D eigenvalue weighted by Crippen LogP contribution is -2.15. The normalized spacial score (nSPS) is 13.5. The Morgan fingerprint density at radius 2 is 0.503 bits per heavy atom. The van der Waals surface area contributed by atoms with Gasteiger partial charge in [-0.15, -0.1) is 0 Å². The molecule has 143 heavy (non-hydrogen) atoms. The minimum Gasteiger partial charge on any atom is -0.437 e. The summed E-state index contributed by atoms with van der Waals surface area (Å²) in [7, 11) is 0. The van der Waals surface area contributed by atoms with Crippen LogP contribution in [-0.2, 0) is 16.2 Å². The van der Waals surface area contributed by atoms with Crippen molar-refractivity contribution in [2.75, 3.05) is 0 Å². The second-order valence-corrected chi connectivity index (χ2v) is 39.7. The molecule has 30 rings (SSSR count). The Labute approximate surface area is 819 Å². The number of hydrogen-bond donors (Lipinski definition) is 0. The predicted molar refractivity (Wildman–Crippen MR) is 575 cm³/mol. The molecular formula is C129H85F2N9O3. The number of imidazole rings is 3. The molecule has 12 heterocycles. The fraction of sp³-hybridized carbons (Fsp3) is 0.0698. The number of hydrogen-bond acceptors (Lipinski definition) is 9. The maximum atomic E-state index is 14.6. The molecule has 27 aromatic rings. The van der Waals surface area contributed by atoms with Gasteiger partial charge in [0, 0.05) is 81.3 Å². The molecule has 0 amide bonds. The van der Waals surface area contributed by atoms with Crippen LogP contribution in [0.25, 0.3) is 249 Å². The van der Waals surface area contributed by atoms with E-state index in [2.05, 4.69) is 345 Å². The molecule has 0 fully saturated rings. The monoisotopic (exact) mass is 1850 g/mol. The Morgan fingerprint density at radius 1 is 0.224 bits per heavy atom. The van der Waals surface area contributed by atoms with Gasteiger partial charge in [-0.1, -0.05) is 230 Å². The number of benzene rings is 15. The van der Waals surface area contributed by atoms with E-state index in [1.165, 1.54) is 128 Å². The largest absolute Gasteiger partial charge is 0.437 e. The highest BCUT2D eigenvalue weighted by molar-refractivity contribution is 6.07. The Morgan fingerprint density at radius 3 is 0.832 bits per heavy atom. The molecule has 0 unspecified atom stereocenters. The van der Waals surface area contributed by atoms with Crippen LogP contribution in [0, 0.1) is 11.9 Å². The van der Waals surface area contributed by atoms with E-state index in [0.717, 1.165) is 156 Å². The van der Waals surface area contributed by atoms with Crippen LogP contribution in [0.5, 0.6) is 0 Å². The van der Waals surface area contributed by atoms with Crippen LogP contribution in [0.2, 0.25) is 0 Å². The third-order valence-corrected chi connectivity index (χ3v) is 30.5. The second-order valence-electron chi connectivity index (χ2n) is 39.7. The van der Waals surface area contributed by atoms with Crippen molar-refractivity contribution < 1.29 is 22.0 Å². The van der Waals surface area contributed by atoms with E-state index in [9.17, 15) is 8.78 Å². The predicted octanol–water partition coefficient (Wildman–Crippen LogP) is 33.5. The van der Waals surface area contributed by atoms with Crippen molar-refractivity contribution in [3.63, 3.8) is 0 Å². The number of fused-ring (bicyclic) bond motifs is 27. The van der Waals surface area contributed by atoms with Crippen molar-refractivity contribution >= 4 is 116 Å². The average molecular weight is 1850 g/mol. The topological polar surface area (TPSA) is 130 Å². The third kappa shape index (κ3) is 13.4. The zero-order valence-corrected chi connectivity index (χ0v) is 78.7. The average Bonchev–Trinajstić information content (AvgIpc) is 1.54. The summed E-state index contributed by atoms with van der Waals surface area (Å²) in [6.45, 7) is 13.8. The number of rotatable bonds is 9. The molecule has 0 saturated carbocycles. The lowest BCUT2D eigenvalue weighted by Gasteiger charge is -2.22. The van der Waals surface area contributed by atoms with Gasteiger partial charge in [0.25, 0.3) is 0 Å². The smallest absolute Gasteiger partial charge is 0.232 e. The van der Waals surface area contributed by atoms with Crippen LogP contribution in [-0.4, -0.2) is 43.1 Å². The fourth-order valence-corrected chi connectivity index (χ4v) is 22.8. The molecule has 12 aromatic heterocycles. The molecule has 15 aromatic carbocycles. The second kappa shape index (κ2) is 31.4. The lowest BCUT2D eigenvalue weighted by molar-refractivity contribution is 0.515. The Bertz CT molecular complexity index is 9710. The molecule has 3 aliphatic carbocycles. The molecule has 14 heteroatoms. The molecule has 0 saturated heterocycles. The number of furan rings is 3. The van der Waals surface area contributed by atoms with E-state index >= 15 is 0 Å². The summed E-state index contributed by atoms with van der Waals surface area (Å²) in [6, 6.07) is 128. The van der Waals surface area contributed by atoms with Crippen molar-refractivity contribution in [1.82, 2.24) is 43.1 Å². The summed E-state index contributed by atoms with van der Waals surface area (Å²) in [5.41, 5.74) is 44.8. The maximum Gasteiger partial charge on any atom is 0.232 e. The molecule has 0 radical (unpaired) electrons. The van der Waals surface area contributed by atoms with Gasteiger partial charge in [0.2, 0.25) is 29.0 Å². The summed E-state index contributed by atoms with van der Waals surface area (Å²) in [4.78, 5) is 26.5. The van der Waals surface area contributed by atoms with Crippen LogP contribution in [0.1, 0.15) is 74.9 Å². The van der Waals surface area contributed by atoms with Gasteiger partial charge in [0.05, 0.1) is 0 Å². The minimum absolute atomic E-state index is 0.0975. The first-order valence-corrected chi connectivity index (χ1v) is 48.4. The first-order chi connectivity index (χ1) is 69.8. The van der Waals surface area contributed by atoms with Crippen molar-refractivity contribution in [2.45, 2.75) is 57.8 Å². The molecule has 0 N–H and O–H groups in total. The first-order valence-electron chi connectivity index (χ1n) is 48.4. The minimum atomic E-state index is -0.825. The van der Waals surface area contributed by atoms with Crippen LogP contribution >= 0.6 is 0 Å². The van der Waals surface area contributed by atoms with Crippen LogP contribution in [0.15, 0.2) is 421 Å². The Kier molecular flexibility index (Phi) is 18.3. The van der Waals surface area contributed by atoms with Gasteiger partial charge in [-0.05, 0) is 370 Å². The van der Waals surface area contributed by atoms with Gasteiger partial charge >= 0.3 is 0 Å². The molecule has 0 atom stereocenters. The maximum absolute atomic E-state index is 14.6. The van der Waals surface area contributed by atoms with Crippen LogP contribution < -0.4 is 0 Å². The van der Waals surface area contributed by atoms with E-state index < -0.39 is 11.9 Å². The first kappa shape index (κ1) is 83.1. The lowest BCUT2D eigenvalue weighted by atomic mass is 9.81. The fourth-order valence-electron chi connectivity index (χ4n) is 22.8. The number of nitrogens with zero attached hydrogens (tertiary/aromatic N) is 9. The molecule has 0 bridgehead atoms. The highest BCUT2D eigenvalue weighted by atomic mass is 19.1.